The molecule has 0 amide bonds. The van der Waals surface area contributed by atoms with Crippen LogP contribution in [0.15, 0.2) is 0 Å². The van der Waals surface area contributed by atoms with Gasteiger partial charge in [-0.25, -0.2) is 0 Å². The van der Waals surface area contributed by atoms with Crippen LogP contribution in [0, 0.1) is 0 Å². The molecule has 4 heteroatoms. The number of nitrogens with one attached hydrogen (secondary N) is 1. The van der Waals surface area contributed by atoms with E-state index >= 15 is 0 Å². The Bertz CT molecular complexity index is 109. The van der Waals surface area contributed by atoms with Crippen LogP contribution in [0.25, 0.3) is 0 Å². The van der Waals surface area contributed by atoms with Crippen LogP contribution in [0.1, 0.15) is 26.2 Å². The molecule has 1 N–H and O–H groups in total. The van der Waals surface area contributed by atoms with Crippen LogP contribution in [0.5, 0.6) is 0 Å². The predicted molar refractivity (Wildman–Crippen MR) is 51.7 cm³/mol. The van der Waals surface area contributed by atoms with Crippen molar-refractivity contribution in [1.82, 2.24) is 5.32 Å². The number of carbonyl (C=O) groups is 1. The van der Waals surface area contributed by atoms with E-state index in [1.807, 2.05) is 0 Å². The van der Waals surface area contributed by atoms with Crippen LogP contribution in [-0.2, 0) is 9.53 Å². The van der Waals surface area contributed by atoms with Gasteiger partial charge in [0, 0.05) is 6.54 Å². The van der Waals surface area contributed by atoms with Crippen LogP contribution in [-0.4, -0.2) is 26.2 Å². The average Bonchev–Trinajstić information content (AvgIpc) is 2.04. The normalized spacial score (nSPS) is 8.83. The van der Waals surface area contributed by atoms with Gasteiger partial charge in [-0.3, -0.25) is 4.79 Å². The molecule has 0 aliphatic heterocycles. The number of unbranched alkanes of at least 4 members (excludes halogenated alkanes) is 1. The Labute approximate surface area is 80.3 Å². The molecule has 0 atom stereocenters. The van der Waals surface area contributed by atoms with Crippen molar-refractivity contribution in [3.63, 3.8) is 0 Å². The van der Waals surface area contributed by atoms with E-state index in [0.29, 0.717) is 6.42 Å². The van der Waals surface area contributed by atoms with Crippen molar-refractivity contribution in [1.29, 1.82) is 0 Å². The molecule has 0 aromatic heterocycles. The number of halogens is 1. The summed E-state index contributed by atoms with van der Waals surface area (Å²) in [6.07, 6.45) is 2.83. The van der Waals surface area contributed by atoms with E-state index in [1.165, 1.54) is 20.0 Å². The first kappa shape index (κ1) is 14.3. The highest BCUT2D eigenvalue weighted by molar-refractivity contribution is 5.85. The van der Waals surface area contributed by atoms with Crippen molar-refractivity contribution < 1.29 is 9.53 Å². The fraction of sp³-hybridized carbons (Fsp3) is 0.875. The second-order valence-electron chi connectivity index (χ2n) is 2.43. The van der Waals surface area contributed by atoms with Crippen molar-refractivity contribution in [2.75, 3.05) is 20.2 Å². The maximum Gasteiger partial charge on any atom is 0.306 e. The summed E-state index contributed by atoms with van der Waals surface area (Å²) in [4.78, 5) is 10.6. The topological polar surface area (TPSA) is 38.3 Å². The summed E-state index contributed by atoms with van der Waals surface area (Å²) in [5.74, 6) is -0.144. The molecule has 74 valence electrons. The van der Waals surface area contributed by atoms with Gasteiger partial charge in [-0.05, 0) is 13.0 Å². The largest absolute Gasteiger partial charge is 0.469 e. The third-order valence-electron chi connectivity index (χ3n) is 1.44. The molecular formula is C8H18ClNO2. The molecule has 0 fully saturated rings. The van der Waals surface area contributed by atoms with Gasteiger partial charge in [0.05, 0.1) is 13.5 Å². The average molecular weight is 196 g/mol. The summed E-state index contributed by atoms with van der Waals surface area (Å²) in [6.45, 7) is 3.86. The minimum absolute atomic E-state index is 0. The summed E-state index contributed by atoms with van der Waals surface area (Å²) < 4.78 is 4.48. The van der Waals surface area contributed by atoms with Crippen LogP contribution in [0.4, 0.5) is 0 Å². The van der Waals surface area contributed by atoms with Crippen LogP contribution < -0.4 is 5.32 Å². The molecule has 0 aliphatic rings. The van der Waals surface area contributed by atoms with Gasteiger partial charge in [-0.1, -0.05) is 13.3 Å². The first-order valence-electron chi connectivity index (χ1n) is 4.08. The molecule has 0 saturated heterocycles. The molecule has 0 spiro atoms. The molecule has 0 aromatic carbocycles. The summed E-state index contributed by atoms with van der Waals surface area (Å²) in [5, 5.41) is 3.15. The Balaban J connectivity index is 0. The van der Waals surface area contributed by atoms with Crippen molar-refractivity contribution in [3.8, 4) is 0 Å². The molecule has 0 radical (unpaired) electrons. The maximum absolute atomic E-state index is 10.6. The van der Waals surface area contributed by atoms with Gasteiger partial charge in [0.2, 0.25) is 0 Å². The number of ether oxygens (including phenoxy) is 1. The SMILES string of the molecule is CCCCNCCC(=O)OC.Cl. The van der Waals surface area contributed by atoms with Gasteiger partial charge in [-0.2, -0.15) is 0 Å². The fourth-order valence-electron chi connectivity index (χ4n) is 0.719. The van der Waals surface area contributed by atoms with Crippen molar-refractivity contribution in [2.45, 2.75) is 26.2 Å². The summed E-state index contributed by atoms with van der Waals surface area (Å²) in [6, 6.07) is 0. The summed E-state index contributed by atoms with van der Waals surface area (Å²) >= 11 is 0. The number of carbonyl (C=O) groups excluding carboxylic acids is 1. The highest BCUT2D eigenvalue weighted by atomic mass is 35.5. The van der Waals surface area contributed by atoms with E-state index in [2.05, 4.69) is 17.0 Å². The lowest BCUT2D eigenvalue weighted by molar-refractivity contribution is -0.140. The highest BCUT2D eigenvalue weighted by Crippen LogP contribution is 1.84. The van der Waals surface area contributed by atoms with Crippen molar-refractivity contribution in [2.24, 2.45) is 0 Å². The van der Waals surface area contributed by atoms with Gasteiger partial charge in [0.15, 0.2) is 0 Å². The Morgan fingerprint density at radius 1 is 1.42 bits per heavy atom. The molecule has 0 bridgehead atoms. The third kappa shape index (κ3) is 9.72. The lowest BCUT2D eigenvalue weighted by Gasteiger charge is -2.01. The number of esters is 1. The maximum atomic E-state index is 10.6. The molecule has 0 unspecified atom stereocenters. The highest BCUT2D eigenvalue weighted by Gasteiger charge is 1.96. The third-order valence-corrected chi connectivity index (χ3v) is 1.44. The second-order valence-corrected chi connectivity index (χ2v) is 2.43. The zero-order valence-corrected chi connectivity index (χ0v) is 8.58. The standard InChI is InChI=1S/C8H17NO2.ClH/c1-3-4-6-9-7-5-8(10)11-2;/h9H,3-7H2,1-2H3;1H. The quantitative estimate of drug-likeness (QED) is 0.514. The van der Waals surface area contributed by atoms with Crippen LogP contribution in [0.2, 0.25) is 0 Å². The molecule has 0 saturated carbocycles. The van der Waals surface area contributed by atoms with Gasteiger partial charge in [0.25, 0.3) is 0 Å². The monoisotopic (exact) mass is 195 g/mol. The van der Waals surface area contributed by atoms with E-state index in [1.54, 1.807) is 0 Å². The molecule has 0 aliphatic carbocycles. The number of methoxy groups -OCH3 is 1. The zero-order valence-electron chi connectivity index (χ0n) is 7.76. The Kier molecular flexibility index (Phi) is 12.7. The number of rotatable bonds is 6. The Morgan fingerprint density at radius 2 is 2.08 bits per heavy atom. The van der Waals surface area contributed by atoms with E-state index < -0.39 is 0 Å². The predicted octanol–water partition coefficient (Wildman–Crippen LogP) is 1.36. The molecule has 3 nitrogen and oxygen atoms in total. The Morgan fingerprint density at radius 3 is 2.58 bits per heavy atom. The van der Waals surface area contributed by atoms with E-state index in [0.717, 1.165) is 13.1 Å². The fourth-order valence-corrected chi connectivity index (χ4v) is 0.719. The van der Waals surface area contributed by atoms with Gasteiger partial charge >= 0.3 is 5.97 Å². The molecule has 12 heavy (non-hydrogen) atoms. The van der Waals surface area contributed by atoms with E-state index in [9.17, 15) is 4.79 Å². The summed E-state index contributed by atoms with van der Waals surface area (Å²) in [5.41, 5.74) is 0. The second kappa shape index (κ2) is 10.7. The molecular weight excluding hydrogens is 178 g/mol. The lowest BCUT2D eigenvalue weighted by Crippen LogP contribution is -2.19. The Hall–Kier alpha value is -0.280. The van der Waals surface area contributed by atoms with Crippen molar-refractivity contribution in [3.05, 3.63) is 0 Å². The van der Waals surface area contributed by atoms with Crippen LogP contribution in [0.3, 0.4) is 0 Å². The minimum atomic E-state index is -0.144. The molecule has 0 aromatic rings. The van der Waals surface area contributed by atoms with E-state index in [4.69, 9.17) is 0 Å². The van der Waals surface area contributed by atoms with Gasteiger partial charge in [-0.15, -0.1) is 12.4 Å². The first-order valence-corrected chi connectivity index (χ1v) is 4.08. The van der Waals surface area contributed by atoms with Gasteiger partial charge in [0.1, 0.15) is 0 Å². The van der Waals surface area contributed by atoms with Crippen LogP contribution >= 0.6 is 12.4 Å². The number of hydrogen-bond acceptors (Lipinski definition) is 3. The zero-order chi connectivity index (χ0) is 8.53. The minimum Gasteiger partial charge on any atom is -0.469 e. The number of hydrogen-bond donors (Lipinski definition) is 1. The summed E-state index contributed by atoms with van der Waals surface area (Å²) in [7, 11) is 1.41. The van der Waals surface area contributed by atoms with Crippen molar-refractivity contribution >= 4 is 18.4 Å². The smallest absolute Gasteiger partial charge is 0.306 e. The van der Waals surface area contributed by atoms with Gasteiger partial charge < -0.3 is 10.1 Å². The first-order chi connectivity index (χ1) is 5.31. The van der Waals surface area contributed by atoms with E-state index in [-0.39, 0.29) is 18.4 Å². The lowest BCUT2D eigenvalue weighted by atomic mass is 10.3. The molecule has 0 heterocycles. The molecule has 0 rings (SSSR count).